The largest absolute Gasteiger partial charge is 0.286 e. The summed E-state index contributed by atoms with van der Waals surface area (Å²) < 4.78 is 3.11. The Hall–Kier alpha value is -0.460. The molecule has 78 valence electrons. The molecule has 0 N–H and O–H groups in total. The van der Waals surface area contributed by atoms with E-state index in [1.54, 1.807) is 17.9 Å². The first-order valence-electron chi connectivity index (χ1n) is 4.06. The maximum Gasteiger partial charge on any atom is 0.223 e. The van der Waals surface area contributed by atoms with Crippen molar-refractivity contribution in [1.82, 2.24) is 9.78 Å². The second kappa shape index (κ2) is 4.19. The number of carbonyl (C=O) groups is 1. The van der Waals surface area contributed by atoms with Crippen molar-refractivity contribution in [2.24, 2.45) is 7.05 Å². The number of carbonyl (C=O) groups excluding carboxylic acids is 1. The molecule has 0 aliphatic rings. The Morgan fingerprint density at radius 1 is 1.47 bits per heavy atom. The predicted octanol–water partition coefficient (Wildman–Crippen LogP) is 3.24. The van der Waals surface area contributed by atoms with E-state index in [9.17, 15) is 4.79 Å². The highest BCUT2D eigenvalue weighted by atomic mass is 79.9. The quantitative estimate of drug-likeness (QED) is 0.780. The maximum atomic E-state index is 12.1. The van der Waals surface area contributed by atoms with Crippen LogP contribution >= 0.6 is 43.2 Å². The van der Waals surface area contributed by atoms with Crippen molar-refractivity contribution in [3.05, 3.63) is 37.2 Å². The van der Waals surface area contributed by atoms with Gasteiger partial charge >= 0.3 is 0 Å². The zero-order chi connectivity index (χ0) is 11.0. The number of ketones is 1. The number of aryl methyl sites for hydroxylation is 1. The Balaban J connectivity index is 2.50. The molecule has 3 nitrogen and oxygen atoms in total. The van der Waals surface area contributed by atoms with E-state index in [1.807, 2.05) is 11.4 Å². The highest BCUT2D eigenvalue weighted by Crippen LogP contribution is 2.27. The third-order valence-electron chi connectivity index (χ3n) is 1.93. The fourth-order valence-electron chi connectivity index (χ4n) is 1.23. The van der Waals surface area contributed by atoms with Crippen molar-refractivity contribution in [1.29, 1.82) is 0 Å². The summed E-state index contributed by atoms with van der Waals surface area (Å²) in [6, 6.07) is 1.86. The summed E-state index contributed by atoms with van der Waals surface area (Å²) in [4.78, 5) is 12.8. The van der Waals surface area contributed by atoms with Crippen molar-refractivity contribution in [2.75, 3.05) is 0 Å². The molecule has 0 radical (unpaired) electrons. The fourth-order valence-corrected chi connectivity index (χ4v) is 3.25. The first-order valence-corrected chi connectivity index (χ1v) is 6.53. The van der Waals surface area contributed by atoms with Crippen LogP contribution in [0.3, 0.4) is 0 Å². The summed E-state index contributed by atoms with van der Waals surface area (Å²) in [5, 5.41) is 5.89. The molecule has 0 fully saturated rings. The third kappa shape index (κ3) is 1.93. The predicted molar refractivity (Wildman–Crippen MR) is 66.4 cm³/mol. The van der Waals surface area contributed by atoms with Crippen LogP contribution in [-0.4, -0.2) is 15.6 Å². The molecule has 0 aliphatic heterocycles. The van der Waals surface area contributed by atoms with Gasteiger partial charge in [-0.3, -0.25) is 9.48 Å². The molecule has 0 amide bonds. The molecule has 2 rings (SSSR count). The zero-order valence-corrected chi connectivity index (χ0v) is 11.7. The molecule has 6 heteroatoms. The normalized spacial score (nSPS) is 10.6. The molecule has 2 heterocycles. The Morgan fingerprint density at radius 3 is 2.67 bits per heavy atom. The van der Waals surface area contributed by atoms with Crippen LogP contribution in [0.25, 0.3) is 0 Å². The van der Waals surface area contributed by atoms with Crippen LogP contribution in [0.2, 0.25) is 0 Å². The van der Waals surface area contributed by atoms with Crippen LogP contribution in [0.1, 0.15) is 15.4 Å². The van der Waals surface area contributed by atoms with Gasteiger partial charge in [0.1, 0.15) is 5.69 Å². The number of rotatable bonds is 2. The second-order valence-corrected chi connectivity index (χ2v) is 5.52. The summed E-state index contributed by atoms with van der Waals surface area (Å²) in [6.07, 6.45) is 1.62. The third-order valence-corrected chi connectivity index (χ3v) is 4.35. The minimum Gasteiger partial charge on any atom is -0.286 e. The molecule has 0 saturated heterocycles. The first-order chi connectivity index (χ1) is 7.11. The van der Waals surface area contributed by atoms with Crippen molar-refractivity contribution in [3.8, 4) is 0 Å². The number of thiophene rings is 1. The molecule has 0 atom stereocenters. The minimum absolute atomic E-state index is 0.0243. The monoisotopic (exact) mass is 348 g/mol. The van der Waals surface area contributed by atoms with Crippen molar-refractivity contribution in [2.45, 2.75) is 0 Å². The van der Waals surface area contributed by atoms with Gasteiger partial charge in [-0.1, -0.05) is 0 Å². The van der Waals surface area contributed by atoms with Gasteiger partial charge in [-0.2, -0.15) is 5.10 Å². The molecule has 0 spiro atoms. The van der Waals surface area contributed by atoms with E-state index in [-0.39, 0.29) is 5.78 Å². The molecule has 0 bridgehead atoms. The Kier molecular flexibility index (Phi) is 3.08. The van der Waals surface area contributed by atoms with Crippen LogP contribution in [0.4, 0.5) is 0 Å². The van der Waals surface area contributed by atoms with E-state index in [4.69, 9.17) is 0 Å². The van der Waals surface area contributed by atoms with Gasteiger partial charge in [-0.15, -0.1) is 11.3 Å². The summed E-state index contributed by atoms with van der Waals surface area (Å²) in [5.74, 6) is -0.0243. The molecule has 0 saturated carbocycles. The molecule has 0 aromatic carbocycles. The van der Waals surface area contributed by atoms with Gasteiger partial charge in [0, 0.05) is 11.5 Å². The van der Waals surface area contributed by atoms with Gasteiger partial charge in [-0.25, -0.2) is 0 Å². The molecule has 2 aromatic rings. The standard InChI is InChI=1S/C9H6Br2N2OS/c1-13-7(6(11)4-12-13)8(14)9-5(10)2-3-15-9/h2-4H,1H3. The lowest BCUT2D eigenvalue weighted by atomic mass is 10.2. The number of hydrogen-bond acceptors (Lipinski definition) is 3. The van der Waals surface area contributed by atoms with E-state index < -0.39 is 0 Å². The number of hydrogen-bond donors (Lipinski definition) is 0. The van der Waals surface area contributed by atoms with Gasteiger partial charge in [0.2, 0.25) is 5.78 Å². The van der Waals surface area contributed by atoms with E-state index >= 15 is 0 Å². The lowest BCUT2D eigenvalue weighted by Crippen LogP contribution is -2.07. The van der Waals surface area contributed by atoms with Gasteiger partial charge in [0.25, 0.3) is 0 Å². The van der Waals surface area contributed by atoms with Crippen LogP contribution in [0.5, 0.6) is 0 Å². The van der Waals surface area contributed by atoms with Crippen molar-refractivity contribution in [3.63, 3.8) is 0 Å². The smallest absolute Gasteiger partial charge is 0.223 e. The Labute approximate surface area is 107 Å². The lowest BCUT2D eigenvalue weighted by molar-refractivity contribution is 0.103. The van der Waals surface area contributed by atoms with E-state index in [1.165, 1.54) is 11.3 Å². The second-order valence-electron chi connectivity index (χ2n) is 2.89. The summed E-state index contributed by atoms with van der Waals surface area (Å²) in [5.41, 5.74) is 0.568. The molecule has 15 heavy (non-hydrogen) atoms. The summed E-state index contributed by atoms with van der Waals surface area (Å²) in [6.45, 7) is 0. The average molecular weight is 350 g/mol. The van der Waals surface area contributed by atoms with Crippen LogP contribution in [0, 0.1) is 0 Å². The average Bonchev–Trinajstić information content (AvgIpc) is 2.73. The number of aromatic nitrogens is 2. The van der Waals surface area contributed by atoms with Crippen LogP contribution < -0.4 is 0 Å². The number of nitrogens with zero attached hydrogens (tertiary/aromatic N) is 2. The fraction of sp³-hybridized carbons (Fsp3) is 0.111. The molecule has 0 aliphatic carbocycles. The maximum absolute atomic E-state index is 12.1. The molecular weight excluding hydrogens is 344 g/mol. The molecule has 2 aromatic heterocycles. The lowest BCUT2D eigenvalue weighted by Gasteiger charge is -2.00. The SMILES string of the molecule is Cn1ncc(Br)c1C(=O)c1sccc1Br. The minimum atomic E-state index is -0.0243. The summed E-state index contributed by atoms with van der Waals surface area (Å²) >= 11 is 8.07. The highest BCUT2D eigenvalue weighted by molar-refractivity contribution is 9.11. The molecule has 0 unspecified atom stereocenters. The number of halogens is 2. The van der Waals surface area contributed by atoms with Gasteiger partial charge in [0.15, 0.2) is 0 Å². The van der Waals surface area contributed by atoms with Gasteiger partial charge in [0.05, 0.1) is 15.5 Å². The highest BCUT2D eigenvalue weighted by Gasteiger charge is 2.20. The topological polar surface area (TPSA) is 34.9 Å². The van der Waals surface area contributed by atoms with Gasteiger partial charge < -0.3 is 0 Å². The van der Waals surface area contributed by atoms with Crippen LogP contribution in [-0.2, 0) is 7.05 Å². The van der Waals surface area contributed by atoms with Gasteiger partial charge in [-0.05, 0) is 43.3 Å². The van der Waals surface area contributed by atoms with Crippen molar-refractivity contribution < 1.29 is 4.79 Å². The molecular formula is C9H6Br2N2OS. The zero-order valence-electron chi connectivity index (χ0n) is 7.70. The summed E-state index contributed by atoms with van der Waals surface area (Å²) in [7, 11) is 1.75. The Bertz CT molecular complexity index is 498. The van der Waals surface area contributed by atoms with E-state index in [2.05, 4.69) is 37.0 Å². The van der Waals surface area contributed by atoms with E-state index in [0.29, 0.717) is 10.6 Å². The Morgan fingerprint density at radius 2 is 2.20 bits per heavy atom. The first kappa shape index (κ1) is 11.0. The van der Waals surface area contributed by atoms with E-state index in [0.717, 1.165) is 8.95 Å². The van der Waals surface area contributed by atoms with Crippen LogP contribution in [0.15, 0.2) is 26.6 Å². The van der Waals surface area contributed by atoms with Crippen molar-refractivity contribution >= 4 is 49.0 Å².